The van der Waals surface area contributed by atoms with E-state index in [1.54, 1.807) is 18.7 Å². The molecule has 134 valence electrons. The van der Waals surface area contributed by atoms with Gasteiger partial charge >= 0.3 is 6.03 Å². The van der Waals surface area contributed by atoms with Crippen molar-refractivity contribution in [2.45, 2.75) is 33.2 Å². The highest BCUT2D eigenvalue weighted by Crippen LogP contribution is 2.26. The summed E-state index contributed by atoms with van der Waals surface area (Å²) in [6.07, 6.45) is 0.945. The van der Waals surface area contributed by atoms with E-state index in [-0.39, 0.29) is 17.5 Å². The SMILES string of the molecule is CC(C)NS(=O)(=O)N1CCN(C(=O)NC[C@]2(C)CCOC2)CC1. The van der Waals surface area contributed by atoms with Crippen LogP contribution in [-0.4, -0.2) is 75.6 Å². The Morgan fingerprint density at radius 2 is 1.91 bits per heavy atom. The van der Waals surface area contributed by atoms with Crippen LogP contribution in [-0.2, 0) is 14.9 Å². The van der Waals surface area contributed by atoms with Crippen LogP contribution in [0.4, 0.5) is 4.79 Å². The van der Waals surface area contributed by atoms with E-state index in [9.17, 15) is 13.2 Å². The van der Waals surface area contributed by atoms with Gasteiger partial charge in [-0.1, -0.05) is 6.92 Å². The van der Waals surface area contributed by atoms with Gasteiger partial charge in [-0.05, 0) is 20.3 Å². The number of nitrogens with one attached hydrogen (secondary N) is 2. The van der Waals surface area contributed by atoms with Gasteiger partial charge in [0.05, 0.1) is 6.61 Å². The number of hydrogen-bond donors (Lipinski definition) is 2. The first kappa shape index (κ1) is 18.4. The molecule has 1 atom stereocenters. The molecule has 23 heavy (non-hydrogen) atoms. The fraction of sp³-hybridized carbons (Fsp3) is 0.929. The Kier molecular flexibility index (Phi) is 5.88. The summed E-state index contributed by atoms with van der Waals surface area (Å²) in [4.78, 5) is 13.9. The molecule has 2 heterocycles. The summed E-state index contributed by atoms with van der Waals surface area (Å²) in [5.41, 5.74) is 0.00199. The average Bonchev–Trinajstić information content (AvgIpc) is 2.91. The molecule has 8 nitrogen and oxygen atoms in total. The fourth-order valence-corrected chi connectivity index (χ4v) is 4.14. The van der Waals surface area contributed by atoms with Crippen LogP contribution in [0.2, 0.25) is 0 Å². The number of nitrogens with zero attached hydrogens (tertiary/aromatic N) is 2. The molecule has 2 aliphatic heterocycles. The van der Waals surface area contributed by atoms with E-state index in [1.807, 2.05) is 0 Å². The first-order valence-corrected chi connectivity index (χ1v) is 9.54. The molecule has 0 aliphatic carbocycles. The monoisotopic (exact) mass is 348 g/mol. The normalized spacial score (nSPS) is 26.7. The number of ether oxygens (including phenoxy) is 1. The maximum Gasteiger partial charge on any atom is 0.317 e. The van der Waals surface area contributed by atoms with Crippen molar-refractivity contribution in [1.29, 1.82) is 0 Å². The molecule has 2 saturated heterocycles. The topological polar surface area (TPSA) is 91.0 Å². The second-order valence-electron chi connectivity index (χ2n) is 6.94. The summed E-state index contributed by atoms with van der Waals surface area (Å²) in [6, 6.07) is -0.275. The van der Waals surface area contributed by atoms with Crippen molar-refractivity contribution in [3.63, 3.8) is 0 Å². The van der Waals surface area contributed by atoms with Gasteiger partial charge in [-0.2, -0.15) is 17.4 Å². The first-order valence-electron chi connectivity index (χ1n) is 8.10. The highest BCUT2D eigenvalue weighted by atomic mass is 32.2. The van der Waals surface area contributed by atoms with Crippen molar-refractivity contribution in [3.8, 4) is 0 Å². The third-order valence-electron chi connectivity index (χ3n) is 4.22. The van der Waals surface area contributed by atoms with Crippen molar-refractivity contribution in [2.75, 3.05) is 45.9 Å². The van der Waals surface area contributed by atoms with E-state index in [0.29, 0.717) is 39.3 Å². The predicted octanol–water partition coefficient (Wildman–Crippen LogP) is -0.0170. The summed E-state index contributed by atoms with van der Waals surface area (Å²) in [5, 5.41) is 2.94. The molecule has 0 aromatic rings. The van der Waals surface area contributed by atoms with E-state index in [0.717, 1.165) is 13.0 Å². The minimum atomic E-state index is -3.46. The molecule has 0 unspecified atom stereocenters. The van der Waals surface area contributed by atoms with Gasteiger partial charge in [0.1, 0.15) is 0 Å². The van der Waals surface area contributed by atoms with Crippen LogP contribution in [0.5, 0.6) is 0 Å². The second-order valence-corrected chi connectivity index (χ2v) is 8.64. The van der Waals surface area contributed by atoms with Crippen molar-refractivity contribution >= 4 is 16.2 Å². The van der Waals surface area contributed by atoms with Gasteiger partial charge in [-0.25, -0.2) is 4.79 Å². The van der Waals surface area contributed by atoms with Gasteiger partial charge in [0.25, 0.3) is 10.2 Å². The van der Waals surface area contributed by atoms with E-state index in [2.05, 4.69) is 17.0 Å². The molecular formula is C14H28N4O4S. The smallest absolute Gasteiger partial charge is 0.317 e. The first-order chi connectivity index (χ1) is 10.7. The van der Waals surface area contributed by atoms with Gasteiger partial charge in [0.15, 0.2) is 0 Å². The number of carbonyl (C=O) groups excluding carboxylic acids is 1. The number of hydrogen-bond acceptors (Lipinski definition) is 4. The molecule has 0 bridgehead atoms. The highest BCUT2D eigenvalue weighted by Gasteiger charge is 2.32. The molecule has 2 aliphatic rings. The molecule has 9 heteroatoms. The molecule has 0 saturated carbocycles. The predicted molar refractivity (Wildman–Crippen MR) is 87.3 cm³/mol. The Hall–Kier alpha value is -0.900. The highest BCUT2D eigenvalue weighted by molar-refractivity contribution is 7.87. The van der Waals surface area contributed by atoms with Gasteiger partial charge < -0.3 is 15.0 Å². The number of carbonyl (C=O) groups is 1. The quantitative estimate of drug-likeness (QED) is 0.731. The zero-order chi connectivity index (χ0) is 17.1. The Bertz CT molecular complexity index is 509. The number of urea groups is 1. The van der Waals surface area contributed by atoms with Crippen LogP contribution in [0.1, 0.15) is 27.2 Å². The largest absolute Gasteiger partial charge is 0.381 e. The van der Waals surface area contributed by atoms with Crippen LogP contribution in [0.25, 0.3) is 0 Å². The summed E-state index contributed by atoms with van der Waals surface area (Å²) in [5.74, 6) is 0. The molecule has 0 radical (unpaired) electrons. The fourth-order valence-electron chi connectivity index (χ4n) is 2.75. The number of piperazine rings is 1. The van der Waals surface area contributed by atoms with E-state index in [1.165, 1.54) is 4.31 Å². The zero-order valence-corrected chi connectivity index (χ0v) is 15.0. The van der Waals surface area contributed by atoms with Gasteiger partial charge in [0.2, 0.25) is 0 Å². The average molecular weight is 348 g/mol. The van der Waals surface area contributed by atoms with Crippen molar-refractivity contribution < 1.29 is 17.9 Å². The second kappa shape index (κ2) is 7.33. The lowest BCUT2D eigenvalue weighted by molar-refractivity contribution is 0.149. The van der Waals surface area contributed by atoms with E-state index < -0.39 is 10.2 Å². The van der Waals surface area contributed by atoms with Crippen molar-refractivity contribution in [3.05, 3.63) is 0 Å². The lowest BCUT2D eigenvalue weighted by Crippen LogP contribution is -2.56. The van der Waals surface area contributed by atoms with E-state index >= 15 is 0 Å². The number of rotatable bonds is 5. The lowest BCUT2D eigenvalue weighted by Gasteiger charge is -2.35. The lowest BCUT2D eigenvalue weighted by atomic mass is 9.90. The van der Waals surface area contributed by atoms with Crippen LogP contribution < -0.4 is 10.0 Å². The Labute approximate surface area is 138 Å². The standard InChI is InChI=1S/C14H28N4O4S/c1-12(2)16-23(20,21)18-7-5-17(6-8-18)13(19)15-10-14(3)4-9-22-11-14/h12,16H,4-11H2,1-3H3,(H,15,19)/t14-/m0/s1. The van der Waals surface area contributed by atoms with Crippen molar-refractivity contribution in [2.24, 2.45) is 5.41 Å². The third kappa shape index (κ3) is 5.03. The Balaban J connectivity index is 1.78. The minimum absolute atomic E-state index is 0.00199. The van der Waals surface area contributed by atoms with Crippen molar-refractivity contribution in [1.82, 2.24) is 19.2 Å². The molecule has 2 N–H and O–H groups in total. The van der Waals surface area contributed by atoms with E-state index in [4.69, 9.17) is 4.74 Å². The van der Waals surface area contributed by atoms with Crippen LogP contribution in [0.15, 0.2) is 0 Å². The van der Waals surface area contributed by atoms with Gasteiger partial charge in [-0.15, -0.1) is 0 Å². The van der Waals surface area contributed by atoms with Crippen LogP contribution in [0, 0.1) is 5.41 Å². The molecule has 2 amide bonds. The zero-order valence-electron chi connectivity index (χ0n) is 14.2. The molecular weight excluding hydrogens is 320 g/mol. The van der Waals surface area contributed by atoms with Gasteiger partial charge in [0, 0.05) is 50.8 Å². The maximum atomic E-state index is 12.2. The molecule has 2 fully saturated rings. The number of amides is 2. The summed E-state index contributed by atoms with van der Waals surface area (Å²) >= 11 is 0. The molecule has 0 aromatic heterocycles. The molecule has 0 spiro atoms. The summed E-state index contributed by atoms with van der Waals surface area (Å²) in [6.45, 7) is 9.10. The minimum Gasteiger partial charge on any atom is -0.381 e. The summed E-state index contributed by atoms with van der Waals surface area (Å²) < 4.78 is 33.5. The summed E-state index contributed by atoms with van der Waals surface area (Å²) in [7, 11) is -3.46. The Morgan fingerprint density at radius 1 is 1.26 bits per heavy atom. The Morgan fingerprint density at radius 3 is 2.43 bits per heavy atom. The van der Waals surface area contributed by atoms with Gasteiger partial charge in [-0.3, -0.25) is 0 Å². The van der Waals surface area contributed by atoms with Crippen LogP contribution >= 0.6 is 0 Å². The molecule has 0 aromatic carbocycles. The maximum absolute atomic E-state index is 12.2. The third-order valence-corrected chi connectivity index (χ3v) is 6.03. The molecule has 2 rings (SSSR count). The van der Waals surface area contributed by atoms with Crippen LogP contribution in [0.3, 0.4) is 0 Å².